The second-order valence-electron chi connectivity index (χ2n) is 5.15. The van der Waals surface area contributed by atoms with E-state index < -0.39 is 5.54 Å². The molecular weight excluding hydrogens is 278 g/mol. The molecule has 0 saturated heterocycles. The minimum Gasteiger partial charge on any atom is -0.320 e. The number of hydrogen-bond donors (Lipinski definition) is 5. The Morgan fingerprint density at radius 3 is 2.14 bits per heavy atom. The first-order valence-electron chi connectivity index (χ1n) is 6.87. The summed E-state index contributed by atoms with van der Waals surface area (Å²) < 4.78 is 0. The molecule has 7 nitrogen and oxygen atoms in total. The van der Waals surface area contributed by atoms with Gasteiger partial charge in [-0.25, -0.2) is 11.3 Å². The summed E-state index contributed by atoms with van der Waals surface area (Å²) in [5.74, 6) is 11.9. The molecule has 1 aliphatic carbocycles. The second-order valence-corrected chi connectivity index (χ2v) is 5.15. The first kappa shape index (κ1) is 12.8. The summed E-state index contributed by atoms with van der Waals surface area (Å²) >= 11 is 0. The third-order valence-electron chi connectivity index (χ3n) is 4.15. The van der Waals surface area contributed by atoms with Crippen LogP contribution < -0.4 is 28.0 Å². The van der Waals surface area contributed by atoms with Gasteiger partial charge in [-0.3, -0.25) is 5.43 Å². The molecule has 0 fully saturated rings. The van der Waals surface area contributed by atoms with E-state index in [4.69, 9.17) is 11.7 Å². The van der Waals surface area contributed by atoms with Crippen molar-refractivity contribution in [1.82, 2.24) is 16.3 Å². The molecule has 110 valence electrons. The van der Waals surface area contributed by atoms with Crippen LogP contribution in [0.2, 0.25) is 0 Å². The summed E-state index contributed by atoms with van der Waals surface area (Å²) in [6.45, 7) is 0. The average Bonchev–Trinajstić information content (AvgIpc) is 2.87. The molecule has 0 unspecified atom stereocenters. The number of fused-ring (bicyclic) bond motifs is 5. The van der Waals surface area contributed by atoms with Crippen molar-refractivity contribution in [2.45, 2.75) is 5.54 Å². The summed E-state index contributed by atoms with van der Waals surface area (Å²) in [7, 11) is 0. The van der Waals surface area contributed by atoms with Crippen LogP contribution in [0.25, 0.3) is 11.1 Å². The number of benzene rings is 2. The number of aliphatic imine (C=N–C) groups is 1. The standard InChI is InChI=1S/C15H15N7/c16-19-13-15(22-21-14(18-13)20-17)11-7-3-1-5-9(11)10-6-2-4-8-12(10)15/h1-8,22H,16-17H2,(H2,18,19,20,21). The van der Waals surface area contributed by atoms with Crippen LogP contribution in [0.4, 0.5) is 0 Å². The summed E-state index contributed by atoms with van der Waals surface area (Å²) in [6.07, 6.45) is 0. The second kappa shape index (κ2) is 4.55. The average molecular weight is 293 g/mol. The molecule has 2 aromatic carbocycles. The lowest BCUT2D eigenvalue weighted by molar-refractivity contribution is 0.474. The molecule has 22 heavy (non-hydrogen) atoms. The van der Waals surface area contributed by atoms with E-state index in [0.29, 0.717) is 5.84 Å². The number of nitrogens with two attached hydrogens (primary N) is 2. The monoisotopic (exact) mass is 293 g/mol. The van der Waals surface area contributed by atoms with Crippen molar-refractivity contribution in [1.29, 1.82) is 0 Å². The van der Waals surface area contributed by atoms with Gasteiger partial charge in [0.1, 0.15) is 5.54 Å². The highest BCUT2D eigenvalue weighted by Gasteiger charge is 2.49. The molecule has 1 spiro atoms. The summed E-state index contributed by atoms with van der Waals surface area (Å²) in [5.41, 5.74) is 12.6. The number of guanidine groups is 1. The number of nitrogens with one attached hydrogen (secondary N) is 3. The van der Waals surface area contributed by atoms with Crippen molar-refractivity contribution in [2.24, 2.45) is 21.8 Å². The van der Waals surface area contributed by atoms with Crippen molar-refractivity contribution >= 4 is 11.8 Å². The van der Waals surface area contributed by atoms with Crippen LogP contribution >= 0.6 is 0 Å². The van der Waals surface area contributed by atoms with Crippen LogP contribution in [0, 0.1) is 0 Å². The van der Waals surface area contributed by atoms with Crippen molar-refractivity contribution in [2.75, 3.05) is 0 Å². The minimum absolute atomic E-state index is 0.264. The molecule has 2 aromatic rings. The van der Waals surface area contributed by atoms with Crippen LogP contribution in [0.5, 0.6) is 0 Å². The predicted molar refractivity (Wildman–Crippen MR) is 85.3 cm³/mol. The highest BCUT2D eigenvalue weighted by molar-refractivity contribution is 6.09. The van der Waals surface area contributed by atoms with Gasteiger partial charge in [-0.1, -0.05) is 48.5 Å². The smallest absolute Gasteiger partial charge is 0.255 e. The lowest BCUT2D eigenvalue weighted by Crippen LogP contribution is -2.64. The molecule has 7 heteroatoms. The van der Waals surface area contributed by atoms with E-state index in [1.807, 2.05) is 24.3 Å². The molecule has 0 amide bonds. The number of hydrogen-bond acceptors (Lipinski definition) is 5. The van der Waals surface area contributed by atoms with Gasteiger partial charge >= 0.3 is 0 Å². The van der Waals surface area contributed by atoms with Gasteiger partial charge in [0.05, 0.1) is 0 Å². The van der Waals surface area contributed by atoms with E-state index in [2.05, 4.69) is 50.6 Å². The normalized spacial score (nSPS) is 19.3. The van der Waals surface area contributed by atoms with Crippen molar-refractivity contribution in [3.8, 4) is 11.1 Å². The van der Waals surface area contributed by atoms with Gasteiger partial charge in [-0.2, -0.15) is 4.99 Å². The summed E-state index contributed by atoms with van der Waals surface area (Å²) in [4.78, 5) is 4.38. The summed E-state index contributed by atoms with van der Waals surface area (Å²) in [6, 6.07) is 16.3. The quantitative estimate of drug-likeness (QED) is 0.349. The van der Waals surface area contributed by atoms with Crippen molar-refractivity contribution in [3.63, 3.8) is 0 Å². The highest BCUT2D eigenvalue weighted by atomic mass is 15.5. The Balaban J connectivity index is 2.06. The van der Waals surface area contributed by atoms with Crippen molar-refractivity contribution in [3.05, 3.63) is 59.7 Å². The zero-order valence-electron chi connectivity index (χ0n) is 11.7. The molecule has 0 atom stereocenters. The molecule has 7 N–H and O–H groups in total. The molecule has 0 aromatic heterocycles. The molecular formula is C15H15N7. The molecule has 2 aliphatic rings. The Bertz CT molecular complexity index is 764. The zero-order valence-corrected chi connectivity index (χ0v) is 11.7. The third-order valence-corrected chi connectivity index (χ3v) is 4.15. The largest absolute Gasteiger partial charge is 0.320 e. The lowest BCUT2D eigenvalue weighted by Gasteiger charge is -2.37. The van der Waals surface area contributed by atoms with Gasteiger partial charge in [0, 0.05) is 0 Å². The number of rotatable bonds is 0. The van der Waals surface area contributed by atoms with E-state index in [-0.39, 0.29) is 5.96 Å². The molecule has 0 radical (unpaired) electrons. The van der Waals surface area contributed by atoms with Gasteiger partial charge < -0.3 is 11.3 Å². The lowest BCUT2D eigenvalue weighted by atomic mass is 9.86. The van der Waals surface area contributed by atoms with Crippen LogP contribution in [0.3, 0.4) is 0 Å². The maximum absolute atomic E-state index is 5.74. The van der Waals surface area contributed by atoms with Crippen LogP contribution in [-0.2, 0) is 5.54 Å². The number of hydrazine groups is 2. The maximum Gasteiger partial charge on any atom is 0.255 e. The topological polar surface area (TPSA) is 113 Å². The third kappa shape index (κ3) is 1.46. The first-order valence-corrected chi connectivity index (χ1v) is 6.87. The number of hydrazone groups is 1. The fourth-order valence-electron chi connectivity index (χ4n) is 3.25. The van der Waals surface area contributed by atoms with Crippen LogP contribution in [0.15, 0.2) is 58.6 Å². The minimum atomic E-state index is -0.698. The van der Waals surface area contributed by atoms with E-state index in [9.17, 15) is 0 Å². The zero-order chi connectivity index (χ0) is 15.2. The maximum atomic E-state index is 5.74. The molecule has 1 heterocycles. The van der Waals surface area contributed by atoms with E-state index >= 15 is 0 Å². The molecule has 1 aliphatic heterocycles. The Labute approximate surface area is 127 Å². The SMILES string of the molecule is N/N=C1/N=C(NN)C2(NN1)c1ccccc1-c1ccccc12. The summed E-state index contributed by atoms with van der Waals surface area (Å²) in [5, 5.41) is 3.57. The Hall–Kier alpha value is -2.90. The first-order chi connectivity index (χ1) is 10.8. The fraction of sp³-hybridized carbons (Fsp3) is 0.0667. The number of amidine groups is 1. The van der Waals surface area contributed by atoms with Gasteiger partial charge in [0.25, 0.3) is 5.96 Å². The molecule has 0 bridgehead atoms. The van der Waals surface area contributed by atoms with E-state index in [1.165, 1.54) is 0 Å². The molecule has 4 rings (SSSR count). The van der Waals surface area contributed by atoms with Crippen molar-refractivity contribution < 1.29 is 0 Å². The number of nitrogens with zero attached hydrogens (tertiary/aromatic N) is 2. The predicted octanol–water partition coefficient (Wildman–Crippen LogP) is 0.110. The van der Waals surface area contributed by atoms with Crippen LogP contribution in [-0.4, -0.2) is 11.8 Å². The highest BCUT2D eigenvalue weighted by Crippen LogP contribution is 2.47. The molecule has 0 saturated carbocycles. The van der Waals surface area contributed by atoms with Gasteiger partial charge in [-0.15, -0.1) is 5.10 Å². The van der Waals surface area contributed by atoms with E-state index in [1.54, 1.807) is 0 Å². The van der Waals surface area contributed by atoms with Gasteiger partial charge in [-0.05, 0) is 22.3 Å². The van der Waals surface area contributed by atoms with Gasteiger partial charge in [0.2, 0.25) is 0 Å². The Morgan fingerprint density at radius 2 is 1.59 bits per heavy atom. The Kier molecular flexibility index (Phi) is 2.65. The van der Waals surface area contributed by atoms with Gasteiger partial charge in [0.15, 0.2) is 5.84 Å². The van der Waals surface area contributed by atoms with E-state index in [0.717, 1.165) is 22.3 Å². The fourth-order valence-corrected chi connectivity index (χ4v) is 3.25. The Morgan fingerprint density at radius 1 is 1.00 bits per heavy atom. The van der Waals surface area contributed by atoms with Crippen LogP contribution in [0.1, 0.15) is 11.1 Å².